The third-order valence-electron chi connectivity index (χ3n) is 5.71. The highest BCUT2D eigenvalue weighted by atomic mass is 19.1. The maximum atomic E-state index is 13.2. The number of halogens is 1. The van der Waals surface area contributed by atoms with Crippen molar-refractivity contribution in [1.82, 2.24) is 20.1 Å². The Bertz CT molecular complexity index is 1100. The van der Waals surface area contributed by atoms with Crippen molar-refractivity contribution in [2.45, 2.75) is 32.5 Å². The van der Waals surface area contributed by atoms with Crippen molar-refractivity contribution >= 4 is 23.0 Å². The topological polar surface area (TPSA) is 71.7 Å². The average Bonchev–Trinajstić information content (AvgIpc) is 3.22. The predicted molar refractivity (Wildman–Crippen MR) is 115 cm³/mol. The largest absolute Gasteiger partial charge is 0.496 e. The summed E-state index contributed by atoms with van der Waals surface area (Å²) in [5.41, 5.74) is 2.99. The number of benzene rings is 2. The molecule has 0 N–H and O–H groups in total. The maximum Gasteiger partial charge on any atom is 0.246 e. The molecular formula is C23H25FN4O3. The Balaban J connectivity index is 1.44. The van der Waals surface area contributed by atoms with Crippen molar-refractivity contribution in [1.29, 1.82) is 0 Å². The smallest absolute Gasteiger partial charge is 0.246 e. The van der Waals surface area contributed by atoms with E-state index in [4.69, 9.17) is 9.37 Å². The van der Waals surface area contributed by atoms with Gasteiger partial charge in [0.05, 0.1) is 7.11 Å². The van der Waals surface area contributed by atoms with Crippen LogP contribution in [0.3, 0.4) is 0 Å². The summed E-state index contributed by atoms with van der Waals surface area (Å²) in [5, 5.41) is 7.65. The minimum Gasteiger partial charge on any atom is -0.496 e. The predicted octanol–water partition coefficient (Wildman–Crippen LogP) is 3.51. The van der Waals surface area contributed by atoms with Crippen LogP contribution in [0.25, 0.3) is 17.1 Å². The van der Waals surface area contributed by atoms with Crippen LogP contribution in [0.2, 0.25) is 0 Å². The Morgan fingerprint density at radius 1 is 1.16 bits per heavy atom. The number of methoxy groups -OCH3 is 1. The Morgan fingerprint density at radius 3 is 2.58 bits per heavy atom. The fourth-order valence-corrected chi connectivity index (χ4v) is 3.94. The Hall–Kier alpha value is -3.26. The molecule has 8 heteroatoms. The van der Waals surface area contributed by atoms with Gasteiger partial charge in [-0.25, -0.2) is 9.02 Å². The number of hydrogen-bond donors (Lipinski definition) is 0. The summed E-state index contributed by atoms with van der Waals surface area (Å²) in [5.74, 6) is 0.307. The molecule has 0 bridgehead atoms. The molecule has 0 spiro atoms. The third kappa shape index (κ3) is 4.59. The zero-order chi connectivity index (χ0) is 22.0. The van der Waals surface area contributed by atoms with Crippen LogP contribution in [-0.2, 0) is 11.3 Å². The SMILES string of the molecule is COc1cc2nonc2cc1/C=C/C(=O)N1C[C@@H](C)N(Cc2ccc(F)cc2)C[C@@H]1C. The fourth-order valence-electron chi connectivity index (χ4n) is 3.94. The summed E-state index contributed by atoms with van der Waals surface area (Å²) in [6, 6.07) is 10.3. The van der Waals surface area contributed by atoms with Gasteiger partial charge in [0.1, 0.15) is 22.6 Å². The van der Waals surface area contributed by atoms with Gasteiger partial charge in [0.15, 0.2) is 0 Å². The molecule has 2 heterocycles. The van der Waals surface area contributed by atoms with Crippen LogP contribution in [0, 0.1) is 5.82 Å². The normalized spacial score (nSPS) is 19.9. The van der Waals surface area contributed by atoms with Gasteiger partial charge in [-0.05, 0) is 54.0 Å². The molecule has 31 heavy (non-hydrogen) atoms. The Morgan fingerprint density at radius 2 is 1.87 bits per heavy atom. The second-order valence-electron chi connectivity index (χ2n) is 7.92. The van der Waals surface area contributed by atoms with E-state index in [9.17, 15) is 9.18 Å². The quantitative estimate of drug-likeness (QED) is 0.584. The lowest BCUT2D eigenvalue weighted by Crippen LogP contribution is -2.57. The molecule has 2 atom stereocenters. The number of nitrogens with zero attached hydrogens (tertiary/aromatic N) is 4. The molecule has 0 unspecified atom stereocenters. The molecule has 1 amide bonds. The summed E-state index contributed by atoms with van der Waals surface area (Å²) in [4.78, 5) is 17.1. The van der Waals surface area contributed by atoms with Crippen molar-refractivity contribution in [3.63, 3.8) is 0 Å². The number of ether oxygens (including phenoxy) is 1. The molecule has 4 rings (SSSR count). The monoisotopic (exact) mass is 424 g/mol. The number of fused-ring (bicyclic) bond motifs is 1. The molecule has 7 nitrogen and oxygen atoms in total. The number of carbonyl (C=O) groups excluding carboxylic acids is 1. The molecule has 1 aromatic heterocycles. The van der Waals surface area contributed by atoms with Gasteiger partial charge in [0.25, 0.3) is 0 Å². The van der Waals surface area contributed by atoms with E-state index in [-0.39, 0.29) is 23.8 Å². The zero-order valence-electron chi connectivity index (χ0n) is 17.8. The molecule has 2 aromatic carbocycles. The first-order valence-corrected chi connectivity index (χ1v) is 10.2. The van der Waals surface area contributed by atoms with E-state index in [0.29, 0.717) is 23.3 Å². The third-order valence-corrected chi connectivity index (χ3v) is 5.71. The molecule has 0 saturated carbocycles. The number of amides is 1. The number of hydrogen-bond acceptors (Lipinski definition) is 6. The van der Waals surface area contributed by atoms with Crippen LogP contribution >= 0.6 is 0 Å². The van der Waals surface area contributed by atoms with E-state index in [0.717, 1.165) is 24.2 Å². The van der Waals surface area contributed by atoms with Crippen molar-refractivity contribution in [2.24, 2.45) is 0 Å². The second-order valence-corrected chi connectivity index (χ2v) is 7.92. The zero-order valence-corrected chi connectivity index (χ0v) is 17.8. The molecular weight excluding hydrogens is 399 g/mol. The summed E-state index contributed by atoms with van der Waals surface area (Å²) in [6.07, 6.45) is 3.30. The van der Waals surface area contributed by atoms with E-state index < -0.39 is 0 Å². The first-order valence-electron chi connectivity index (χ1n) is 10.2. The van der Waals surface area contributed by atoms with Gasteiger partial charge in [0, 0.05) is 49.4 Å². The maximum absolute atomic E-state index is 13.2. The van der Waals surface area contributed by atoms with Gasteiger partial charge in [-0.3, -0.25) is 9.69 Å². The second kappa shape index (κ2) is 8.85. The molecule has 1 saturated heterocycles. The van der Waals surface area contributed by atoms with Gasteiger partial charge >= 0.3 is 0 Å². The van der Waals surface area contributed by atoms with Crippen molar-refractivity contribution in [3.05, 3.63) is 59.4 Å². The van der Waals surface area contributed by atoms with Crippen LogP contribution in [0.4, 0.5) is 4.39 Å². The summed E-state index contributed by atoms with van der Waals surface area (Å²) >= 11 is 0. The van der Waals surface area contributed by atoms with Crippen LogP contribution in [-0.4, -0.2) is 58.3 Å². The Kier molecular flexibility index (Phi) is 5.99. The molecule has 162 valence electrons. The lowest BCUT2D eigenvalue weighted by molar-refractivity contribution is -0.131. The molecule has 0 aliphatic carbocycles. The fraction of sp³-hybridized carbons (Fsp3) is 0.348. The summed E-state index contributed by atoms with van der Waals surface area (Å²) in [7, 11) is 1.57. The first-order chi connectivity index (χ1) is 14.9. The van der Waals surface area contributed by atoms with E-state index in [1.54, 1.807) is 31.4 Å². The number of piperazine rings is 1. The van der Waals surface area contributed by atoms with Gasteiger partial charge in [-0.2, -0.15) is 0 Å². The number of rotatable bonds is 5. The highest BCUT2D eigenvalue weighted by molar-refractivity contribution is 5.93. The average molecular weight is 424 g/mol. The van der Waals surface area contributed by atoms with E-state index in [1.807, 2.05) is 24.0 Å². The minimum atomic E-state index is -0.233. The van der Waals surface area contributed by atoms with Crippen molar-refractivity contribution in [2.75, 3.05) is 20.2 Å². The highest BCUT2D eigenvalue weighted by Gasteiger charge is 2.31. The van der Waals surface area contributed by atoms with Crippen molar-refractivity contribution in [3.8, 4) is 5.75 Å². The molecule has 1 aliphatic heterocycles. The molecule has 1 aliphatic rings. The van der Waals surface area contributed by atoms with Crippen LogP contribution < -0.4 is 4.74 Å². The van der Waals surface area contributed by atoms with Gasteiger partial charge in [-0.15, -0.1) is 0 Å². The van der Waals surface area contributed by atoms with Gasteiger partial charge in [0.2, 0.25) is 5.91 Å². The van der Waals surface area contributed by atoms with E-state index >= 15 is 0 Å². The molecule has 0 radical (unpaired) electrons. The van der Waals surface area contributed by atoms with E-state index in [1.165, 1.54) is 12.1 Å². The summed E-state index contributed by atoms with van der Waals surface area (Å²) in [6.45, 7) is 6.25. The van der Waals surface area contributed by atoms with Crippen molar-refractivity contribution < 1.29 is 18.6 Å². The van der Waals surface area contributed by atoms with Gasteiger partial charge in [-0.1, -0.05) is 12.1 Å². The van der Waals surface area contributed by atoms with Crippen LogP contribution in [0.1, 0.15) is 25.0 Å². The summed E-state index contributed by atoms with van der Waals surface area (Å²) < 4.78 is 23.3. The lowest BCUT2D eigenvalue weighted by atomic mass is 10.1. The standard InChI is InChI=1S/C23H25FN4O3/c1-15-13-28(16(2)12-27(15)14-17-4-7-19(24)8-5-17)23(29)9-6-18-10-20-21(26-31-25-20)11-22(18)30-3/h4-11,15-16H,12-14H2,1-3H3/b9-6+/t15-,16+/m1/s1. The highest BCUT2D eigenvalue weighted by Crippen LogP contribution is 2.25. The lowest BCUT2D eigenvalue weighted by Gasteiger charge is -2.44. The first kappa shape index (κ1) is 21.0. The Labute approximate surface area is 180 Å². The molecule has 3 aromatic rings. The van der Waals surface area contributed by atoms with Crippen LogP contribution in [0.15, 0.2) is 47.1 Å². The van der Waals surface area contributed by atoms with E-state index in [2.05, 4.69) is 22.1 Å². The number of aromatic nitrogens is 2. The molecule has 1 fully saturated rings. The minimum absolute atomic E-state index is 0.0536. The van der Waals surface area contributed by atoms with Gasteiger partial charge < -0.3 is 9.64 Å². The number of carbonyl (C=O) groups is 1. The van der Waals surface area contributed by atoms with Crippen LogP contribution in [0.5, 0.6) is 5.75 Å².